The van der Waals surface area contributed by atoms with Crippen LogP contribution < -0.4 is 5.73 Å². The smallest absolute Gasteiger partial charge is 0.0453 e. The maximum Gasteiger partial charge on any atom is 0.0453 e. The molecule has 0 aromatic heterocycles. The third-order valence-corrected chi connectivity index (χ3v) is 5.28. The molecule has 0 heterocycles. The van der Waals surface area contributed by atoms with Crippen LogP contribution in [0.25, 0.3) is 0 Å². The third-order valence-electron chi connectivity index (χ3n) is 4.58. The number of hydrogen-bond acceptors (Lipinski definition) is 1. The molecule has 2 N–H and O–H groups in total. The Morgan fingerprint density at radius 2 is 1.74 bits per heavy atom. The lowest BCUT2D eigenvalue weighted by Crippen LogP contribution is -2.35. The molecule has 1 aliphatic carbocycles. The van der Waals surface area contributed by atoms with E-state index in [1.165, 1.54) is 32.1 Å². The van der Waals surface area contributed by atoms with E-state index in [2.05, 4.69) is 6.92 Å². The molecule has 0 spiro atoms. The summed E-state index contributed by atoms with van der Waals surface area (Å²) >= 11 is 12.4. The number of hydrogen-bond donors (Lipinski definition) is 1. The molecule has 1 saturated carbocycles. The quantitative estimate of drug-likeness (QED) is 0.824. The monoisotopic (exact) mass is 299 g/mol. The van der Waals surface area contributed by atoms with E-state index in [1.54, 1.807) is 0 Å². The molecule has 19 heavy (non-hydrogen) atoms. The molecule has 1 unspecified atom stereocenters. The fourth-order valence-electron chi connectivity index (χ4n) is 3.15. The van der Waals surface area contributed by atoms with Crippen molar-refractivity contribution in [2.75, 3.05) is 0 Å². The van der Waals surface area contributed by atoms with Crippen LogP contribution >= 0.6 is 23.2 Å². The van der Waals surface area contributed by atoms with Gasteiger partial charge in [0.25, 0.3) is 0 Å². The second kappa shape index (κ2) is 6.97. The van der Waals surface area contributed by atoms with Crippen LogP contribution in [0.2, 0.25) is 10.0 Å². The molecule has 1 nitrogen and oxygen atoms in total. The fourth-order valence-corrected chi connectivity index (χ4v) is 3.71. The van der Waals surface area contributed by atoms with E-state index < -0.39 is 0 Å². The van der Waals surface area contributed by atoms with Crippen LogP contribution in [-0.4, -0.2) is 6.04 Å². The van der Waals surface area contributed by atoms with Crippen LogP contribution in [-0.2, 0) is 6.42 Å². The van der Waals surface area contributed by atoms with E-state index in [1.807, 2.05) is 18.2 Å². The van der Waals surface area contributed by atoms with E-state index in [9.17, 15) is 0 Å². The highest BCUT2D eigenvalue weighted by molar-refractivity contribution is 6.35. The Morgan fingerprint density at radius 1 is 1.16 bits per heavy atom. The summed E-state index contributed by atoms with van der Waals surface area (Å²) in [6.45, 7) is 2.29. The van der Waals surface area contributed by atoms with Crippen molar-refractivity contribution in [2.45, 2.75) is 51.5 Å². The van der Waals surface area contributed by atoms with Gasteiger partial charge in [0.2, 0.25) is 0 Å². The Bertz CT molecular complexity index is 391. The molecular weight excluding hydrogens is 277 g/mol. The maximum atomic E-state index is 6.39. The molecule has 0 saturated heterocycles. The summed E-state index contributed by atoms with van der Waals surface area (Å²) < 4.78 is 0. The van der Waals surface area contributed by atoms with Gasteiger partial charge in [-0.25, -0.2) is 0 Å². The van der Waals surface area contributed by atoms with Crippen molar-refractivity contribution >= 4 is 23.2 Å². The van der Waals surface area contributed by atoms with Crippen molar-refractivity contribution in [3.8, 4) is 0 Å². The van der Waals surface area contributed by atoms with Crippen molar-refractivity contribution in [2.24, 2.45) is 17.6 Å². The van der Waals surface area contributed by atoms with E-state index in [4.69, 9.17) is 28.9 Å². The molecule has 0 radical (unpaired) electrons. The third kappa shape index (κ3) is 3.87. The van der Waals surface area contributed by atoms with E-state index in [-0.39, 0.29) is 6.04 Å². The van der Waals surface area contributed by atoms with Crippen LogP contribution in [0.3, 0.4) is 0 Å². The minimum Gasteiger partial charge on any atom is -0.327 e. The van der Waals surface area contributed by atoms with Crippen molar-refractivity contribution in [1.82, 2.24) is 0 Å². The van der Waals surface area contributed by atoms with Gasteiger partial charge in [0.15, 0.2) is 0 Å². The number of rotatable bonds is 4. The zero-order valence-electron chi connectivity index (χ0n) is 11.5. The van der Waals surface area contributed by atoms with Crippen molar-refractivity contribution in [3.05, 3.63) is 33.8 Å². The summed E-state index contributed by atoms with van der Waals surface area (Å²) in [6, 6.07) is 5.84. The average molecular weight is 300 g/mol. The minimum absolute atomic E-state index is 0.176. The first kappa shape index (κ1) is 15.2. The Kier molecular flexibility index (Phi) is 5.56. The molecule has 1 atom stereocenters. The first-order valence-electron chi connectivity index (χ1n) is 7.30. The number of nitrogens with two attached hydrogens (primary N) is 1. The highest BCUT2D eigenvalue weighted by Crippen LogP contribution is 2.34. The van der Waals surface area contributed by atoms with Crippen molar-refractivity contribution in [1.29, 1.82) is 0 Å². The molecule has 1 aromatic rings. The largest absolute Gasteiger partial charge is 0.327 e. The molecule has 3 heteroatoms. The van der Waals surface area contributed by atoms with Gasteiger partial charge in [0, 0.05) is 16.1 Å². The van der Waals surface area contributed by atoms with Gasteiger partial charge < -0.3 is 5.73 Å². The molecule has 0 aliphatic heterocycles. The average Bonchev–Trinajstić information content (AvgIpc) is 2.43. The fraction of sp³-hybridized carbons (Fsp3) is 0.625. The standard InChI is InChI=1S/C16H23Cl2N/c1-2-11-6-8-12(9-7-11)16(19)10-13-14(17)4-3-5-15(13)18/h3-5,11-12,16H,2,6-10,19H2,1H3. The first-order valence-corrected chi connectivity index (χ1v) is 8.05. The first-order chi connectivity index (χ1) is 9.11. The van der Waals surface area contributed by atoms with E-state index >= 15 is 0 Å². The van der Waals surface area contributed by atoms with Crippen LogP contribution in [0, 0.1) is 11.8 Å². The van der Waals surface area contributed by atoms with Crippen molar-refractivity contribution in [3.63, 3.8) is 0 Å². The second-order valence-corrected chi connectivity index (χ2v) is 6.57. The highest BCUT2D eigenvalue weighted by atomic mass is 35.5. The minimum atomic E-state index is 0.176. The maximum absolute atomic E-state index is 6.39. The molecule has 0 amide bonds. The van der Waals surface area contributed by atoms with Gasteiger partial charge in [0.1, 0.15) is 0 Å². The molecule has 106 valence electrons. The van der Waals surface area contributed by atoms with Gasteiger partial charge >= 0.3 is 0 Å². The van der Waals surface area contributed by atoms with Gasteiger partial charge in [-0.15, -0.1) is 0 Å². The summed E-state index contributed by atoms with van der Waals surface area (Å²) in [4.78, 5) is 0. The lowest BCUT2D eigenvalue weighted by molar-refractivity contribution is 0.238. The molecule has 1 aromatic carbocycles. The molecule has 2 rings (SSSR count). The van der Waals surface area contributed by atoms with Gasteiger partial charge in [-0.2, -0.15) is 0 Å². The predicted molar refractivity (Wildman–Crippen MR) is 83.9 cm³/mol. The number of halogens is 2. The van der Waals surface area contributed by atoms with Gasteiger partial charge in [-0.1, -0.05) is 55.5 Å². The summed E-state index contributed by atoms with van der Waals surface area (Å²) in [5, 5.41) is 1.48. The van der Waals surface area contributed by atoms with Gasteiger partial charge in [0.05, 0.1) is 0 Å². The van der Waals surface area contributed by atoms with Crippen LogP contribution in [0.1, 0.15) is 44.6 Å². The van der Waals surface area contributed by atoms with E-state index in [0.29, 0.717) is 5.92 Å². The zero-order chi connectivity index (χ0) is 13.8. The van der Waals surface area contributed by atoms with Crippen LogP contribution in [0.4, 0.5) is 0 Å². The summed E-state index contributed by atoms with van der Waals surface area (Å²) in [7, 11) is 0. The Labute approximate surface area is 126 Å². The van der Waals surface area contributed by atoms with E-state index in [0.717, 1.165) is 27.9 Å². The van der Waals surface area contributed by atoms with Crippen LogP contribution in [0.5, 0.6) is 0 Å². The zero-order valence-corrected chi connectivity index (χ0v) is 13.1. The Hall–Kier alpha value is -0.240. The highest BCUT2D eigenvalue weighted by Gasteiger charge is 2.25. The number of benzene rings is 1. The lowest BCUT2D eigenvalue weighted by Gasteiger charge is -2.32. The topological polar surface area (TPSA) is 26.0 Å². The summed E-state index contributed by atoms with van der Waals surface area (Å²) in [5.74, 6) is 1.53. The molecule has 1 fully saturated rings. The molecular formula is C16H23Cl2N. The normalized spacial score (nSPS) is 25.3. The van der Waals surface area contributed by atoms with Gasteiger partial charge in [-0.05, 0) is 48.8 Å². The van der Waals surface area contributed by atoms with Gasteiger partial charge in [-0.3, -0.25) is 0 Å². The summed E-state index contributed by atoms with van der Waals surface area (Å²) in [6.07, 6.45) is 7.25. The summed E-state index contributed by atoms with van der Waals surface area (Å²) in [5.41, 5.74) is 7.40. The Balaban J connectivity index is 1.96. The molecule has 0 bridgehead atoms. The SMILES string of the molecule is CCC1CCC(C(N)Cc2c(Cl)cccc2Cl)CC1. The van der Waals surface area contributed by atoms with Crippen LogP contribution in [0.15, 0.2) is 18.2 Å². The molecule has 1 aliphatic rings. The lowest BCUT2D eigenvalue weighted by atomic mass is 9.76. The predicted octanol–water partition coefficient (Wildman–Crippen LogP) is 5.08. The second-order valence-electron chi connectivity index (χ2n) is 5.76. The Morgan fingerprint density at radius 3 is 2.26 bits per heavy atom. The van der Waals surface area contributed by atoms with Crippen molar-refractivity contribution < 1.29 is 0 Å².